The molecular weight excluding hydrogens is 254 g/mol. The number of aromatic nitrogens is 3. The molecule has 1 unspecified atom stereocenters. The molecule has 6 heteroatoms. The largest absolute Gasteiger partial charge is 0.367 e. The Morgan fingerprint density at radius 1 is 1.50 bits per heavy atom. The van der Waals surface area contributed by atoms with E-state index in [0.717, 1.165) is 30.1 Å². The van der Waals surface area contributed by atoms with Crippen molar-refractivity contribution in [2.75, 3.05) is 24.5 Å². The third kappa shape index (κ3) is 2.36. The Balaban J connectivity index is 2.01. The number of hydrogen-bond donors (Lipinski definition) is 1. The maximum absolute atomic E-state index is 5.98. The van der Waals surface area contributed by atoms with Crippen LogP contribution < -0.4 is 10.6 Å². The predicted octanol–water partition coefficient (Wildman–Crippen LogP) is 0.980. The van der Waals surface area contributed by atoms with E-state index in [1.54, 1.807) is 6.20 Å². The van der Waals surface area contributed by atoms with E-state index in [1.165, 1.54) is 0 Å². The van der Waals surface area contributed by atoms with Crippen LogP contribution in [0.4, 0.5) is 5.82 Å². The van der Waals surface area contributed by atoms with Gasteiger partial charge in [-0.3, -0.25) is 0 Å². The zero-order valence-electron chi connectivity index (χ0n) is 12.2. The number of anilines is 1. The van der Waals surface area contributed by atoms with Gasteiger partial charge in [-0.25, -0.2) is 9.50 Å². The van der Waals surface area contributed by atoms with Crippen LogP contribution in [0.2, 0.25) is 0 Å². The number of nitrogens with zero attached hydrogens (tertiary/aromatic N) is 4. The van der Waals surface area contributed by atoms with Crippen molar-refractivity contribution in [2.24, 2.45) is 5.73 Å². The number of fused-ring (bicyclic) bond motifs is 1. The second-order valence-electron chi connectivity index (χ2n) is 5.98. The standard InChI is InChI=1S/C14H21N5O/c1-10-6-12-13(16-4-5-19(12)17-10)18-8-11(7-15)20-14(2,3)9-18/h4-6,11H,7-9,15H2,1-3H3. The van der Waals surface area contributed by atoms with E-state index in [9.17, 15) is 0 Å². The Hall–Kier alpha value is -1.66. The van der Waals surface area contributed by atoms with Crippen molar-refractivity contribution in [3.63, 3.8) is 0 Å². The van der Waals surface area contributed by atoms with Crippen LogP contribution in [0.15, 0.2) is 18.5 Å². The maximum atomic E-state index is 5.98. The molecule has 0 aromatic carbocycles. The molecule has 20 heavy (non-hydrogen) atoms. The first-order valence-electron chi connectivity index (χ1n) is 6.92. The lowest BCUT2D eigenvalue weighted by atomic mass is 10.1. The van der Waals surface area contributed by atoms with Crippen LogP contribution >= 0.6 is 0 Å². The Bertz CT molecular complexity index is 621. The number of aryl methyl sites for hydroxylation is 1. The van der Waals surface area contributed by atoms with E-state index in [2.05, 4.69) is 34.9 Å². The molecule has 6 nitrogen and oxygen atoms in total. The second kappa shape index (κ2) is 4.71. The van der Waals surface area contributed by atoms with Gasteiger partial charge >= 0.3 is 0 Å². The number of hydrogen-bond acceptors (Lipinski definition) is 5. The Morgan fingerprint density at radius 2 is 2.30 bits per heavy atom. The summed E-state index contributed by atoms with van der Waals surface area (Å²) in [5.41, 5.74) is 7.58. The van der Waals surface area contributed by atoms with Gasteiger partial charge in [-0.1, -0.05) is 0 Å². The SMILES string of the molecule is Cc1cc2c(N3CC(CN)OC(C)(C)C3)nccn2n1. The van der Waals surface area contributed by atoms with Crippen LogP contribution in [-0.2, 0) is 4.74 Å². The molecule has 0 amide bonds. The first-order valence-corrected chi connectivity index (χ1v) is 6.92. The third-order valence-corrected chi connectivity index (χ3v) is 3.54. The molecule has 108 valence electrons. The fourth-order valence-corrected chi connectivity index (χ4v) is 2.85. The van der Waals surface area contributed by atoms with Gasteiger partial charge in [-0.05, 0) is 26.8 Å². The summed E-state index contributed by atoms with van der Waals surface area (Å²) in [7, 11) is 0. The molecular formula is C14H21N5O. The van der Waals surface area contributed by atoms with E-state index >= 15 is 0 Å². The lowest BCUT2D eigenvalue weighted by Gasteiger charge is -2.43. The summed E-state index contributed by atoms with van der Waals surface area (Å²) in [6, 6.07) is 2.06. The molecule has 0 spiro atoms. The van der Waals surface area contributed by atoms with Crippen molar-refractivity contribution in [3.8, 4) is 0 Å². The Labute approximate surface area is 118 Å². The normalized spacial score (nSPS) is 22.4. The van der Waals surface area contributed by atoms with Gasteiger partial charge < -0.3 is 15.4 Å². The smallest absolute Gasteiger partial charge is 0.154 e. The van der Waals surface area contributed by atoms with Crippen LogP contribution in [0.1, 0.15) is 19.5 Å². The van der Waals surface area contributed by atoms with Crippen molar-refractivity contribution < 1.29 is 4.74 Å². The highest BCUT2D eigenvalue weighted by Gasteiger charge is 2.34. The van der Waals surface area contributed by atoms with E-state index in [-0.39, 0.29) is 11.7 Å². The minimum Gasteiger partial charge on any atom is -0.367 e. The molecule has 1 atom stereocenters. The highest BCUT2D eigenvalue weighted by Crippen LogP contribution is 2.27. The molecule has 1 saturated heterocycles. The average molecular weight is 275 g/mol. The lowest BCUT2D eigenvalue weighted by Crippen LogP contribution is -2.55. The maximum Gasteiger partial charge on any atom is 0.154 e. The average Bonchev–Trinajstić information content (AvgIpc) is 2.76. The van der Waals surface area contributed by atoms with Crippen LogP contribution in [0, 0.1) is 6.92 Å². The van der Waals surface area contributed by atoms with E-state index in [4.69, 9.17) is 10.5 Å². The molecule has 1 aliphatic heterocycles. The summed E-state index contributed by atoms with van der Waals surface area (Å²) >= 11 is 0. The number of ether oxygens (including phenoxy) is 1. The third-order valence-electron chi connectivity index (χ3n) is 3.54. The van der Waals surface area contributed by atoms with E-state index in [0.29, 0.717) is 6.54 Å². The molecule has 1 aliphatic rings. The van der Waals surface area contributed by atoms with Gasteiger partial charge in [-0.15, -0.1) is 0 Å². The van der Waals surface area contributed by atoms with Crippen molar-refractivity contribution in [1.29, 1.82) is 0 Å². The van der Waals surface area contributed by atoms with Gasteiger partial charge in [0, 0.05) is 32.0 Å². The van der Waals surface area contributed by atoms with Gasteiger partial charge in [0.15, 0.2) is 5.82 Å². The predicted molar refractivity (Wildman–Crippen MR) is 77.9 cm³/mol. The summed E-state index contributed by atoms with van der Waals surface area (Å²) in [5.74, 6) is 0.947. The summed E-state index contributed by atoms with van der Waals surface area (Å²) in [6.07, 6.45) is 3.69. The topological polar surface area (TPSA) is 68.7 Å². The quantitative estimate of drug-likeness (QED) is 0.885. The van der Waals surface area contributed by atoms with Crippen LogP contribution in [0.25, 0.3) is 5.52 Å². The number of nitrogens with two attached hydrogens (primary N) is 1. The molecule has 2 aromatic rings. The summed E-state index contributed by atoms with van der Waals surface area (Å²) < 4.78 is 7.85. The fraction of sp³-hybridized carbons (Fsp3) is 0.571. The van der Waals surface area contributed by atoms with Gasteiger partial charge in [-0.2, -0.15) is 5.10 Å². The molecule has 0 radical (unpaired) electrons. The molecule has 2 aromatic heterocycles. The minimum atomic E-state index is -0.230. The molecule has 1 fully saturated rings. The van der Waals surface area contributed by atoms with Gasteiger partial charge in [0.25, 0.3) is 0 Å². The zero-order valence-corrected chi connectivity index (χ0v) is 12.2. The van der Waals surface area contributed by atoms with Crippen molar-refractivity contribution in [2.45, 2.75) is 32.5 Å². The molecule has 0 saturated carbocycles. The second-order valence-corrected chi connectivity index (χ2v) is 5.98. The monoisotopic (exact) mass is 275 g/mol. The van der Waals surface area contributed by atoms with Crippen molar-refractivity contribution >= 4 is 11.3 Å². The Kier molecular flexibility index (Phi) is 3.14. The first-order chi connectivity index (χ1) is 9.48. The van der Waals surface area contributed by atoms with Crippen molar-refractivity contribution in [3.05, 3.63) is 24.2 Å². The van der Waals surface area contributed by atoms with Crippen molar-refractivity contribution in [1.82, 2.24) is 14.6 Å². The zero-order chi connectivity index (χ0) is 14.3. The van der Waals surface area contributed by atoms with E-state index < -0.39 is 0 Å². The molecule has 0 bridgehead atoms. The number of morpholine rings is 1. The fourth-order valence-electron chi connectivity index (χ4n) is 2.85. The first kappa shape index (κ1) is 13.3. The van der Waals surface area contributed by atoms with Gasteiger partial charge in [0.1, 0.15) is 5.52 Å². The molecule has 3 heterocycles. The lowest BCUT2D eigenvalue weighted by molar-refractivity contribution is -0.0789. The summed E-state index contributed by atoms with van der Waals surface area (Å²) in [4.78, 5) is 6.79. The van der Waals surface area contributed by atoms with Crippen LogP contribution in [0.5, 0.6) is 0 Å². The molecule has 2 N–H and O–H groups in total. The summed E-state index contributed by atoms with van der Waals surface area (Å²) in [6.45, 7) is 8.23. The number of rotatable bonds is 2. The van der Waals surface area contributed by atoms with Crippen LogP contribution in [-0.4, -0.2) is 45.9 Å². The highest BCUT2D eigenvalue weighted by molar-refractivity contribution is 5.69. The molecule has 0 aliphatic carbocycles. The molecule has 3 rings (SSSR count). The van der Waals surface area contributed by atoms with E-state index in [1.807, 2.05) is 17.6 Å². The van der Waals surface area contributed by atoms with Crippen LogP contribution in [0.3, 0.4) is 0 Å². The van der Waals surface area contributed by atoms with Gasteiger partial charge in [0.05, 0.1) is 17.4 Å². The Morgan fingerprint density at radius 3 is 3.05 bits per heavy atom. The highest BCUT2D eigenvalue weighted by atomic mass is 16.5. The minimum absolute atomic E-state index is 0.0322. The van der Waals surface area contributed by atoms with Gasteiger partial charge in [0.2, 0.25) is 0 Å². The summed E-state index contributed by atoms with van der Waals surface area (Å²) in [5, 5.41) is 4.44.